The minimum Gasteiger partial charge on any atom is -0.475 e. The number of anilines is 1. The van der Waals surface area contributed by atoms with Gasteiger partial charge in [0.15, 0.2) is 5.82 Å². The van der Waals surface area contributed by atoms with Gasteiger partial charge in [-0.3, -0.25) is 19.6 Å². The summed E-state index contributed by atoms with van der Waals surface area (Å²) in [5, 5.41) is 8.58. The highest BCUT2D eigenvalue weighted by Gasteiger charge is 2.33. The Labute approximate surface area is 292 Å². The van der Waals surface area contributed by atoms with E-state index in [4.69, 9.17) is 4.74 Å². The third kappa shape index (κ3) is 7.13. The molecule has 11 heteroatoms. The van der Waals surface area contributed by atoms with Crippen LogP contribution in [0.15, 0.2) is 85.3 Å². The molecule has 0 spiro atoms. The standard InChI is InChI=1S/C39H42N8O3/c1-4-47(32-11-12-34-33(22-32)37(44-43-34)30-10-13-35(42-23-30)50-26(2)3)39(49)31-14-19-45(24-31)25-36(48)46-20-15-28(16-21-46)27-6-8-29(9-7-27)38-40-17-5-18-41-38/h5-13,15,17-18,22-23,26,31H,4,14,16,19-21,24-25H2,1-3H3,(H,43,44)/t31-/m1/s1. The van der Waals surface area contributed by atoms with E-state index in [2.05, 4.69) is 48.3 Å². The Morgan fingerprint density at radius 3 is 2.46 bits per heavy atom. The summed E-state index contributed by atoms with van der Waals surface area (Å²) in [5.41, 5.74) is 6.73. The fraction of sp³-hybridized carbons (Fsp3) is 0.333. The van der Waals surface area contributed by atoms with Gasteiger partial charge in [0.25, 0.3) is 0 Å². The first-order valence-corrected chi connectivity index (χ1v) is 17.4. The number of nitrogens with one attached hydrogen (secondary N) is 1. The highest BCUT2D eigenvalue weighted by molar-refractivity contribution is 6.00. The minimum atomic E-state index is -0.169. The quantitative estimate of drug-likeness (QED) is 0.196. The summed E-state index contributed by atoms with van der Waals surface area (Å²) in [5.74, 6) is 1.29. The summed E-state index contributed by atoms with van der Waals surface area (Å²) in [4.78, 5) is 46.2. The van der Waals surface area contributed by atoms with Gasteiger partial charge in [0.2, 0.25) is 17.7 Å². The first-order chi connectivity index (χ1) is 24.4. The number of rotatable bonds is 10. The molecule has 2 aliphatic rings. The molecular formula is C39H42N8O3. The molecule has 0 bridgehead atoms. The number of amides is 2. The van der Waals surface area contributed by atoms with E-state index >= 15 is 0 Å². The number of ether oxygens (including phenoxy) is 1. The maximum atomic E-state index is 13.9. The van der Waals surface area contributed by atoms with Gasteiger partial charge in [-0.1, -0.05) is 30.3 Å². The summed E-state index contributed by atoms with van der Waals surface area (Å²) in [6, 6.07) is 19.8. The number of nitrogens with zero attached hydrogens (tertiary/aromatic N) is 7. The van der Waals surface area contributed by atoms with Crippen molar-refractivity contribution in [3.63, 3.8) is 0 Å². The first-order valence-electron chi connectivity index (χ1n) is 17.4. The third-order valence-electron chi connectivity index (χ3n) is 9.43. The van der Waals surface area contributed by atoms with Gasteiger partial charge in [-0.2, -0.15) is 5.10 Å². The predicted octanol–water partition coefficient (Wildman–Crippen LogP) is 5.86. The zero-order chi connectivity index (χ0) is 34.6. The first kappa shape index (κ1) is 33.1. The number of carbonyl (C=O) groups is 2. The summed E-state index contributed by atoms with van der Waals surface area (Å²) in [6.45, 7) is 9.36. The molecule has 0 unspecified atom stereocenters. The SMILES string of the molecule is CCN(C(=O)[C@@H]1CCN(CC(=O)N2CC=C(c3ccc(-c4ncccn4)cc3)CC2)C1)c1ccc2[nH]nc(-c3ccc(OC(C)C)nc3)c2c1. The number of carbonyl (C=O) groups excluding carboxylic acids is 2. The molecule has 2 aromatic carbocycles. The molecule has 2 amide bonds. The average Bonchev–Trinajstić information content (AvgIpc) is 3.80. The summed E-state index contributed by atoms with van der Waals surface area (Å²) in [7, 11) is 0. The molecule has 1 atom stereocenters. The zero-order valence-corrected chi connectivity index (χ0v) is 28.7. The van der Waals surface area contributed by atoms with Crippen LogP contribution in [0.1, 0.15) is 39.2 Å². The van der Waals surface area contributed by atoms with Crippen LogP contribution in [0.4, 0.5) is 5.69 Å². The van der Waals surface area contributed by atoms with Crippen LogP contribution in [0.25, 0.3) is 39.1 Å². The van der Waals surface area contributed by atoms with E-state index in [9.17, 15) is 9.59 Å². The van der Waals surface area contributed by atoms with Gasteiger partial charge in [0.1, 0.15) is 5.69 Å². The molecule has 3 aromatic heterocycles. The maximum absolute atomic E-state index is 13.9. The number of aromatic amines is 1. The largest absolute Gasteiger partial charge is 0.475 e. The number of aromatic nitrogens is 5. The van der Waals surface area contributed by atoms with Crippen LogP contribution >= 0.6 is 0 Å². The molecule has 7 rings (SSSR count). The molecule has 1 N–H and O–H groups in total. The van der Waals surface area contributed by atoms with E-state index in [-0.39, 0.29) is 23.8 Å². The molecule has 0 saturated carbocycles. The lowest BCUT2D eigenvalue weighted by molar-refractivity contribution is -0.132. The second kappa shape index (κ2) is 14.6. The average molecular weight is 671 g/mol. The molecule has 256 valence electrons. The van der Waals surface area contributed by atoms with Crippen molar-refractivity contribution in [2.45, 2.75) is 39.7 Å². The number of hydrogen-bond donors (Lipinski definition) is 1. The van der Waals surface area contributed by atoms with E-state index in [1.165, 1.54) is 5.57 Å². The van der Waals surface area contributed by atoms with Gasteiger partial charge in [-0.15, -0.1) is 0 Å². The van der Waals surface area contributed by atoms with Crippen molar-refractivity contribution >= 4 is 34.0 Å². The Morgan fingerprint density at radius 2 is 1.76 bits per heavy atom. The van der Waals surface area contributed by atoms with Crippen molar-refractivity contribution in [2.24, 2.45) is 5.92 Å². The summed E-state index contributed by atoms with van der Waals surface area (Å²) in [6.07, 6.45) is 8.97. The maximum Gasteiger partial charge on any atom is 0.237 e. The summed E-state index contributed by atoms with van der Waals surface area (Å²) < 4.78 is 5.69. The van der Waals surface area contributed by atoms with Crippen LogP contribution in [0, 0.1) is 5.92 Å². The minimum absolute atomic E-state index is 0.0420. The molecule has 11 nitrogen and oxygen atoms in total. The van der Waals surface area contributed by atoms with Gasteiger partial charge >= 0.3 is 0 Å². The Balaban J connectivity index is 0.953. The molecule has 2 aliphatic heterocycles. The van der Waals surface area contributed by atoms with Crippen LogP contribution in [-0.2, 0) is 9.59 Å². The van der Waals surface area contributed by atoms with Gasteiger partial charge in [0, 0.05) is 73.0 Å². The molecule has 0 aliphatic carbocycles. The van der Waals surface area contributed by atoms with Crippen LogP contribution in [0.2, 0.25) is 0 Å². The second-order valence-electron chi connectivity index (χ2n) is 13.1. The van der Waals surface area contributed by atoms with Crippen LogP contribution < -0.4 is 9.64 Å². The van der Waals surface area contributed by atoms with E-state index in [0.29, 0.717) is 44.4 Å². The van der Waals surface area contributed by atoms with Crippen molar-refractivity contribution < 1.29 is 14.3 Å². The predicted molar refractivity (Wildman–Crippen MR) is 194 cm³/mol. The number of hydrogen-bond acceptors (Lipinski definition) is 8. The molecule has 1 fully saturated rings. The van der Waals surface area contributed by atoms with Crippen LogP contribution in [-0.4, -0.2) is 92.1 Å². The molecule has 5 aromatic rings. The van der Waals surface area contributed by atoms with Gasteiger partial charge in [-0.05, 0) is 81.6 Å². The van der Waals surface area contributed by atoms with Crippen LogP contribution in [0.5, 0.6) is 5.88 Å². The number of benzene rings is 2. The van der Waals surface area contributed by atoms with E-state index in [1.807, 2.05) is 79.1 Å². The normalized spacial score (nSPS) is 16.5. The van der Waals surface area contributed by atoms with Crippen molar-refractivity contribution in [2.75, 3.05) is 44.2 Å². The lowest BCUT2D eigenvalue weighted by Gasteiger charge is -2.29. The van der Waals surface area contributed by atoms with Crippen molar-refractivity contribution in [3.8, 4) is 28.5 Å². The van der Waals surface area contributed by atoms with Gasteiger partial charge in [-0.25, -0.2) is 15.0 Å². The zero-order valence-electron chi connectivity index (χ0n) is 28.7. The fourth-order valence-electron chi connectivity index (χ4n) is 6.82. The number of fused-ring (bicyclic) bond motifs is 1. The molecule has 0 radical (unpaired) electrons. The van der Waals surface area contributed by atoms with Gasteiger partial charge < -0.3 is 14.5 Å². The van der Waals surface area contributed by atoms with Crippen LogP contribution in [0.3, 0.4) is 0 Å². The topological polar surface area (TPSA) is 120 Å². The Kier molecular flexibility index (Phi) is 9.66. The smallest absolute Gasteiger partial charge is 0.237 e. The second-order valence-corrected chi connectivity index (χ2v) is 13.1. The monoisotopic (exact) mass is 670 g/mol. The van der Waals surface area contributed by atoms with E-state index < -0.39 is 0 Å². The Hall–Kier alpha value is -5.42. The lowest BCUT2D eigenvalue weighted by Crippen LogP contribution is -2.42. The summed E-state index contributed by atoms with van der Waals surface area (Å²) >= 11 is 0. The molecule has 5 heterocycles. The lowest BCUT2D eigenvalue weighted by atomic mass is 9.98. The molecule has 50 heavy (non-hydrogen) atoms. The molecular weight excluding hydrogens is 628 g/mol. The van der Waals surface area contributed by atoms with Gasteiger partial charge in [0.05, 0.1) is 24.1 Å². The Bertz CT molecular complexity index is 1990. The molecule has 1 saturated heterocycles. The highest BCUT2D eigenvalue weighted by atomic mass is 16.5. The highest BCUT2D eigenvalue weighted by Crippen LogP contribution is 2.32. The van der Waals surface area contributed by atoms with E-state index in [0.717, 1.165) is 58.4 Å². The number of likely N-dealkylation sites (tertiary alicyclic amines) is 1. The van der Waals surface area contributed by atoms with Crippen molar-refractivity contribution in [1.29, 1.82) is 0 Å². The number of pyridine rings is 1. The van der Waals surface area contributed by atoms with Crippen molar-refractivity contribution in [3.05, 3.63) is 90.9 Å². The Morgan fingerprint density at radius 1 is 0.980 bits per heavy atom. The van der Waals surface area contributed by atoms with Crippen molar-refractivity contribution in [1.82, 2.24) is 34.9 Å². The van der Waals surface area contributed by atoms with E-state index in [1.54, 1.807) is 18.6 Å². The number of H-pyrrole nitrogens is 1. The third-order valence-corrected chi connectivity index (χ3v) is 9.43. The fourth-order valence-corrected chi connectivity index (χ4v) is 6.82.